The van der Waals surface area contributed by atoms with Gasteiger partial charge in [0.05, 0.1) is 31.0 Å². The van der Waals surface area contributed by atoms with E-state index in [1.165, 1.54) is 4.90 Å². The van der Waals surface area contributed by atoms with Crippen LogP contribution in [0.3, 0.4) is 0 Å². The number of hydrogen-bond acceptors (Lipinski definition) is 6. The molecule has 0 bridgehead atoms. The zero-order valence-corrected chi connectivity index (χ0v) is 15.9. The van der Waals surface area contributed by atoms with Crippen molar-refractivity contribution in [3.05, 3.63) is 41.6 Å². The van der Waals surface area contributed by atoms with Crippen LogP contribution in [0.2, 0.25) is 0 Å². The third kappa shape index (κ3) is 6.02. The fourth-order valence-corrected chi connectivity index (χ4v) is 2.35. The van der Waals surface area contributed by atoms with E-state index in [0.29, 0.717) is 5.75 Å². The molecule has 1 aliphatic heterocycles. The average molecular weight is 376 g/mol. The number of esters is 1. The van der Waals surface area contributed by atoms with Gasteiger partial charge in [0.1, 0.15) is 11.4 Å². The van der Waals surface area contributed by atoms with Crippen molar-refractivity contribution >= 4 is 18.2 Å². The summed E-state index contributed by atoms with van der Waals surface area (Å²) in [4.78, 5) is 37.9. The maximum Gasteiger partial charge on any atom is 0.416 e. The van der Waals surface area contributed by atoms with Crippen molar-refractivity contribution in [2.45, 2.75) is 33.3 Å². The number of carbonyl (C=O) groups excluding carboxylic acids is 3. The van der Waals surface area contributed by atoms with E-state index >= 15 is 0 Å². The van der Waals surface area contributed by atoms with Crippen LogP contribution >= 0.6 is 0 Å². The van der Waals surface area contributed by atoms with Crippen molar-refractivity contribution in [3.8, 4) is 5.75 Å². The predicted octanol–water partition coefficient (Wildman–Crippen LogP) is 2.84. The summed E-state index contributed by atoms with van der Waals surface area (Å²) in [7, 11) is 0. The smallest absolute Gasteiger partial charge is 0.416 e. The zero-order valence-electron chi connectivity index (χ0n) is 15.9. The first kappa shape index (κ1) is 20.3. The highest BCUT2D eigenvalue weighted by Crippen LogP contribution is 2.20. The van der Waals surface area contributed by atoms with Gasteiger partial charge in [-0.3, -0.25) is 10.2 Å². The molecule has 8 nitrogen and oxygen atoms in total. The fraction of sp³-hybridized carbons (Fsp3) is 0.421. The molecule has 0 aliphatic carbocycles. The molecule has 8 heteroatoms. The van der Waals surface area contributed by atoms with Crippen molar-refractivity contribution in [2.24, 2.45) is 0 Å². The topological polar surface area (TPSA) is 94.2 Å². The van der Waals surface area contributed by atoms with E-state index in [-0.39, 0.29) is 31.0 Å². The van der Waals surface area contributed by atoms with Gasteiger partial charge < -0.3 is 14.2 Å². The summed E-state index contributed by atoms with van der Waals surface area (Å²) in [5.74, 6) is -0.242. The molecular formula is C19H24N2O6. The van der Waals surface area contributed by atoms with E-state index < -0.39 is 23.8 Å². The first-order valence-corrected chi connectivity index (χ1v) is 8.60. The molecule has 0 radical (unpaired) electrons. The van der Waals surface area contributed by atoms with E-state index in [1.54, 1.807) is 58.0 Å². The summed E-state index contributed by atoms with van der Waals surface area (Å²) < 4.78 is 15.5. The minimum Gasteiger partial charge on any atom is -0.463 e. The first-order chi connectivity index (χ1) is 12.7. The second-order valence-electron chi connectivity index (χ2n) is 6.84. The number of benzene rings is 1. The molecule has 0 atom stereocenters. The Morgan fingerprint density at radius 2 is 1.78 bits per heavy atom. The molecule has 2 rings (SSSR count). The summed E-state index contributed by atoms with van der Waals surface area (Å²) in [5.41, 5.74) is -0.239. The lowest BCUT2D eigenvalue weighted by Crippen LogP contribution is -2.37. The predicted molar refractivity (Wildman–Crippen MR) is 97.1 cm³/mol. The Labute approximate surface area is 158 Å². The second-order valence-corrected chi connectivity index (χ2v) is 6.84. The molecule has 1 aromatic carbocycles. The molecule has 0 saturated heterocycles. The quantitative estimate of drug-likeness (QED) is 0.812. The van der Waals surface area contributed by atoms with Crippen LogP contribution in [0.5, 0.6) is 5.75 Å². The summed E-state index contributed by atoms with van der Waals surface area (Å²) in [6.07, 6.45) is -1.35. The number of rotatable bonds is 4. The number of amides is 2. The van der Waals surface area contributed by atoms with Gasteiger partial charge in [0.25, 0.3) is 0 Å². The normalized spacial score (nSPS) is 14.0. The van der Waals surface area contributed by atoms with Crippen molar-refractivity contribution < 1.29 is 28.6 Å². The lowest BCUT2D eigenvalue weighted by molar-refractivity contribution is -0.138. The second kappa shape index (κ2) is 8.57. The van der Waals surface area contributed by atoms with Gasteiger partial charge in [-0.25, -0.2) is 14.4 Å². The highest BCUT2D eigenvalue weighted by atomic mass is 16.6. The van der Waals surface area contributed by atoms with Crippen molar-refractivity contribution in [3.63, 3.8) is 0 Å². The van der Waals surface area contributed by atoms with Gasteiger partial charge in [0.15, 0.2) is 0 Å². The van der Waals surface area contributed by atoms with Crippen LogP contribution in [0.4, 0.5) is 9.59 Å². The lowest BCUT2D eigenvalue weighted by Gasteiger charge is -2.24. The van der Waals surface area contributed by atoms with Gasteiger partial charge in [-0.1, -0.05) is 18.2 Å². The largest absolute Gasteiger partial charge is 0.463 e. The van der Waals surface area contributed by atoms with Crippen molar-refractivity contribution in [1.29, 1.82) is 0 Å². The highest BCUT2D eigenvalue weighted by molar-refractivity contribution is 5.92. The summed E-state index contributed by atoms with van der Waals surface area (Å²) in [5, 5.41) is 2.53. The van der Waals surface area contributed by atoms with E-state index in [0.717, 1.165) is 0 Å². The Morgan fingerprint density at radius 1 is 1.11 bits per heavy atom. The van der Waals surface area contributed by atoms with Crippen LogP contribution in [0.25, 0.3) is 0 Å². The van der Waals surface area contributed by atoms with E-state index in [9.17, 15) is 14.4 Å². The molecule has 1 aromatic rings. The molecule has 146 valence electrons. The number of nitrogens with zero attached hydrogens (tertiary/aromatic N) is 1. The van der Waals surface area contributed by atoms with Crippen LogP contribution in [0.15, 0.2) is 41.6 Å². The number of para-hydroxylation sites is 1. The number of nitrogens with one attached hydrogen (secondary N) is 1. The van der Waals surface area contributed by atoms with Crippen LogP contribution in [-0.4, -0.2) is 48.4 Å². The van der Waals surface area contributed by atoms with Gasteiger partial charge in [-0.15, -0.1) is 0 Å². The first-order valence-electron chi connectivity index (χ1n) is 8.60. The lowest BCUT2D eigenvalue weighted by atomic mass is 10.2. The molecule has 0 spiro atoms. The highest BCUT2D eigenvalue weighted by Gasteiger charge is 2.34. The number of hydrogen-bond donors (Lipinski definition) is 1. The average Bonchev–Trinajstić information content (AvgIpc) is 2.98. The van der Waals surface area contributed by atoms with Crippen molar-refractivity contribution in [1.82, 2.24) is 10.2 Å². The van der Waals surface area contributed by atoms with Crippen LogP contribution in [0, 0.1) is 0 Å². The molecule has 2 amide bonds. The number of carbonyl (C=O) groups is 3. The molecule has 1 aliphatic rings. The van der Waals surface area contributed by atoms with Crippen LogP contribution < -0.4 is 10.1 Å². The minimum atomic E-state index is -0.760. The van der Waals surface area contributed by atoms with Crippen LogP contribution in [0.1, 0.15) is 27.7 Å². The molecular weight excluding hydrogens is 352 g/mol. The molecule has 1 N–H and O–H groups in total. The van der Waals surface area contributed by atoms with E-state index in [2.05, 4.69) is 5.32 Å². The SMILES string of the molecule is CCOC(=O)C1=C(NC(=O)Oc2ccccc2)CN(C(=O)OC(C)(C)C)C1. The standard InChI is InChI=1S/C19H24N2O6/c1-5-25-16(22)14-11-21(18(24)27-19(2,3)4)12-15(14)20-17(23)26-13-9-7-6-8-10-13/h6-10H,5,11-12H2,1-4H3,(H,20,23). The van der Waals surface area contributed by atoms with Gasteiger partial charge in [-0.05, 0) is 39.8 Å². The van der Waals surface area contributed by atoms with Crippen LogP contribution in [-0.2, 0) is 14.3 Å². The third-order valence-corrected chi connectivity index (χ3v) is 3.44. The summed E-state index contributed by atoms with van der Waals surface area (Å²) >= 11 is 0. The van der Waals surface area contributed by atoms with Crippen molar-refractivity contribution in [2.75, 3.05) is 19.7 Å². The summed E-state index contributed by atoms with van der Waals surface area (Å²) in [6, 6.07) is 8.50. The molecule has 0 unspecified atom stereocenters. The zero-order chi connectivity index (χ0) is 20.0. The maximum atomic E-state index is 12.3. The van der Waals surface area contributed by atoms with E-state index in [4.69, 9.17) is 14.2 Å². The maximum absolute atomic E-state index is 12.3. The Hall–Kier alpha value is -3.03. The monoisotopic (exact) mass is 376 g/mol. The molecule has 0 aromatic heterocycles. The Balaban J connectivity index is 2.10. The molecule has 27 heavy (non-hydrogen) atoms. The molecule has 1 heterocycles. The molecule has 0 saturated carbocycles. The van der Waals surface area contributed by atoms with Gasteiger partial charge in [-0.2, -0.15) is 0 Å². The Bertz CT molecular complexity index is 736. The Kier molecular flexibility index (Phi) is 6.44. The van der Waals surface area contributed by atoms with Gasteiger partial charge in [0.2, 0.25) is 0 Å². The third-order valence-electron chi connectivity index (χ3n) is 3.44. The van der Waals surface area contributed by atoms with Gasteiger partial charge in [0, 0.05) is 0 Å². The summed E-state index contributed by atoms with van der Waals surface area (Å²) in [6.45, 7) is 7.08. The van der Waals surface area contributed by atoms with E-state index in [1.807, 2.05) is 0 Å². The molecule has 0 fully saturated rings. The Morgan fingerprint density at radius 3 is 2.37 bits per heavy atom. The fourth-order valence-electron chi connectivity index (χ4n) is 2.35. The number of ether oxygens (including phenoxy) is 3. The van der Waals surface area contributed by atoms with Gasteiger partial charge >= 0.3 is 18.2 Å². The minimum absolute atomic E-state index is 0.00690.